The minimum Gasteiger partial charge on any atom is -0.493 e. The second-order valence-corrected chi connectivity index (χ2v) is 9.80. The summed E-state index contributed by atoms with van der Waals surface area (Å²) in [5, 5.41) is 23.3. The number of aliphatic hydroxyl groups excluding tert-OH is 2. The number of rotatable bonds is 16. The summed E-state index contributed by atoms with van der Waals surface area (Å²) in [5.74, 6) is -0.00156. The zero-order valence-electron chi connectivity index (χ0n) is 21.9. The Kier molecular flexibility index (Phi) is 13.8. The highest BCUT2D eigenvalue weighted by atomic mass is 127. The molecule has 3 N–H and O–H groups in total. The number of hydrogen-bond donors (Lipinski definition) is 3. The molecule has 0 fully saturated rings. The van der Waals surface area contributed by atoms with Crippen molar-refractivity contribution < 1.29 is 38.8 Å². The van der Waals surface area contributed by atoms with Crippen LogP contribution in [0.15, 0.2) is 36.4 Å². The summed E-state index contributed by atoms with van der Waals surface area (Å²) in [4.78, 5) is 39.0. The van der Waals surface area contributed by atoms with Crippen molar-refractivity contribution >= 4 is 40.7 Å². The lowest BCUT2D eigenvalue weighted by Crippen LogP contribution is -2.55. The summed E-state index contributed by atoms with van der Waals surface area (Å²) in [7, 11) is 1.44. The first kappa shape index (κ1) is 31.7. The fourth-order valence-electron chi connectivity index (χ4n) is 4.16. The number of aliphatic hydroxyl groups is 2. The van der Waals surface area contributed by atoms with Gasteiger partial charge in [0.2, 0.25) is 11.8 Å². The molecule has 210 valence electrons. The fourth-order valence-corrected chi connectivity index (χ4v) is 4.92. The largest absolute Gasteiger partial charge is 0.493 e. The van der Waals surface area contributed by atoms with Crippen LogP contribution in [0.2, 0.25) is 0 Å². The number of hydrogen-bond acceptors (Lipinski definition) is 8. The molecule has 0 aliphatic heterocycles. The summed E-state index contributed by atoms with van der Waals surface area (Å²) < 4.78 is 17.6. The van der Waals surface area contributed by atoms with Gasteiger partial charge in [-0.15, -0.1) is 6.58 Å². The highest BCUT2D eigenvalue weighted by Crippen LogP contribution is 2.37. The molecule has 1 aliphatic rings. The Balaban J connectivity index is 2.46. The van der Waals surface area contributed by atoms with Gasteiger partial charge in [-0.2, -0.15) is 0 Å². The second kappa shape index (κ2) is 16.5. The Morgan fingerprint density at radius 2 is 2.11 bits per heavy atom. The minimum absolute atomic E-state index is 0.0597. The number of nitrogens with one attached hydrogen (secondary N) is 1. The smallest absolute Gasteiger partial charge is 0.247 e. The van der Waals surface area contributed by atoms with E-state index in [1.165, 1.54) is 19.3 Å². The first-order chi connectivity index (χ1) is 18.3. The minimum atomic E-state index is -1.17. The van der Waals surface area contributed by atoms with Crippen molar-refractivity contribution in [3.05, 3.63) is 45.6 Å². The Morgan fingerprint density at radius 1 is 1.34 bits per heavy atom. The van der Waals surface area contributed by atoms with Crippen LogP contribution in [0.1, 0.15) is 43.0 Å². The van der Waals surface area contributed by atoms with E-state index >= 15 is 0 Å². The zero-order chi connectivity index (χ0) is 28.1. The van der Waals surface area contributed by atoms with E-state index in [-0.39, 0.29) is 31.9 Å². The summed E-state index contributed by atoms with van der Waals surface area (Å²) in [6, 6.07) is 2.39. The van der Waals surface area contributed by atoms with E-state index in [9.17, 15) is 19.5 Å². The van der Waals surface area contributed by atoms with Crippen LogP contribution in [0.25, 0.3) is 0 Å². The van der Waals surface area contributed by atoms with E-state index in [1.807, 2.05) is 29.5 Å². The highest BCUT2D eigenvalue weighted by molar-refractivity contribution is 14.1. The number of benzene rings is 1. The Morgan fingerprint density at radius 3 is 2.74 bits per heavy atom. The van der Waals surface area contributed by atoms with E-state index in [0.29, 0.717) is 65.1 Å². The fraction of sp³-hybridized carbons (Fsp3) is 0.519. The molecule has 1 aromatic rings. The topological polar surface area (TPSA) is 135 Å². The van der Waals surface area contributed by atoms with Crippen LogP contribution in [0.3, 0.4) is 0 Å². The summed E-state index contributed by atoms with van der Waals surface area (Å²) in [5.41, 5.74) is 0.720. The number of methoxy groups -OCH3 is 1. The number of ether oxygens (including phenoxy) is 3. The van der Waals surface area contributed by atoms with Crippen LogP contribution in [-0.2, 0) is 14.3 Å². The van der Waals surface area contributed by atoms with E-state index in [2.05, 4.69) is 11.9 Å². The van der Waals surface area contributed by atoms with Gasteiger partial charge >= 0.3 is 0 Å². The van der Waals surface area contributed by atoms with Crippen LogP contribution in [0.4, 0.5) is 0 Å². The molecule has 0 saturated heterocycles. The summed E-state index contributed by atoms with van der Waals surface area (Å²) in [6.45, 7) is 6.73. The highest BCUT2D eigenvalue weighted by Gasteiger charge is 2.40. The Bertz CT molecular complexity index is 1000. The van der Waals surface area contributed by atoms with Crippen LogP contribution < -0.4 is 14.8 Å². The standard InChI is InChI=1S/C27H37IN2O8/c1-4-6-8-24(33)30(10-7-12-37-5-2)21-15-19(27(35)29-9-11-31)16-22(25(21)34)38-26-20(28)13-18(17-32)14-23(26)36-3/h4,13-14,16-17,21-22,25,31,34H,1,5-12,15H2,2-3H3,(H,29,35)/t21-,22+,25+/m1/s1. The van der Waals surface area contributed by atoms with Gasteiger partial charge < -0.3 is 34.6 Å². The van der Waals surface area contributed by atoms with Gasteiger partial charge in [0.15, 0.2) is 11.5 Å². The number of nitrogens with zero attached hydrogens (tertiary/aromatic N) is 1. The number of carbonyl (C=O) groups is 3. The SMILES string of the molecule is C=CCCC(=O)N(CCCOCC)[C@@H]1CC(C(=O)NCCO)=C[C@H](Oc2c(I)cc(C=O)cc2OC)[C@H]1O. The second-order valence-electron chi connectivity index (χ2n) is 8.63. The first-order valence-electron chi connectivity index (χ1n) is 12.6. The van der Waals surface area contributed by atoms with Crippen LogP contribution >= 0.6 is 22.6 Å². The number of halogens is 1. The van der Waals surface area contributed by atoms with Gasteiger partial charge in [0.1, 0.15) is 18.5 Å². The average Bonchev–Trinajstić information content (AvgIpc) is 2.92. The van der Waals surface area contributed by atoms with Crippen molar-refractivity contribution in [1.29, 1.82) is 0 Å². The van der Waals surface area contributed by atoms with E-state index in [0.717, 1.165) is 0 Å². The molecule has 10 nitrogen and oxygen atoms in total. The van der Waals surface area contributed by atoms with Crippen molar-refractivity contribution in [2.24, 2.45) is 0 Å². The predicted molar refractivity (Wildman–Crippen MR) is 150 cm³/mol. The lowest BCUT2D eigenvalue weighted by Gasteiger charge is -2.40. The van der Waals surface area contributed by atoms with E-state index < -0.39 is 24.2 Å². The molecule has 38 heavy (non-hydrogen) atoms. The summed E-state index contributed by atoms with van der Waals surface area (Å²) in [6.07, 6.45) is 3.04. The molecular formula is C27H37IN2O8. The third-order valence-corrected chi connectivity index (χ3v) is 6.83. The van der Waals surface area contributed by atoms with Crippen molar-refractivity contribution in [1.82, 2.24) is 10.2 Å². The van der Waals surface area contributed by atoms with Crippen LogP contribution in [0, 0.1) is 3.57 Å². The molecule has 3 atom stereocenters. The maximum Gasteiger partial charge on any atom is 0.247 e. The van der Waals surface area contributed by atoms with Crippen molar-refractivity contribution in [3.63, 3.8) is 0 Å². The normalized spacial score (nSPS) is 18.8. The molecule has 0 saturated carbocycles. The number of allylic oxidation sites excluding steroid dienone is 1. The molecule has 0 spiro atoms. The molecule has 0 unspecified atom stereocenters. The molecule has 1 aliphatic carbocycles. The van der Waals surface area contributed by atoms with Crippen molar-refractivity contribution in [3.8, 4) is 11.5 Å². The monoisotopic (exact) mass is 644 g/mol. The van der Waals surface area contributed by atoms with Gasteiger partial charge in [0, 0.05) is 50.3 Å². The van der Waals surface area contributed by atoms with Gasteiger partial charge in [-0.1, -0.05) is 6.08 Å². The van der Waals surface area contributed by atoms with Gasteiger partial charge in [-0.05, 0) is 60.6 Å². The summed E-state index contributed by atoms with van der Waals surface area (Å²) >= 11 is 2.01. The molecule has 11 heteroatoms. The average molecular weight is 645 g/mol. The molecule has 0 aromatic heterocycles. The van der Waals surface area contributed by atoms with E-state index in [1.54, 1.807) is 17.0 Å². The number of aldehydes is 1. The molecule has 0 bridgehead atoms. The molecule has 0 heterocycles. The molecule has 1 aromatic carbocycles. The third kappa shape index (κ3) is 8.79. The molecule has 0 radical (unpaired) electrons. The van der Waals surface area contributed by atoms with E-state index in [4.69, 9.17) is 19.3 Å². The van der Waals surface area contributed by atoms with Crippen molar-refractivity contribution in [2.45, 2.75) is 50.9 Å². The quantitative estimate of drug-likeness (QED) is 0.108. The van der Waals surface area contributed by atoms with Gasteiger partial charge in [-0.25, -0.2) is 0 Å². The Hall–Kier alpha value is -2.48. The van der Waals surface area contributed by atoms with Crippen LogP contribution in [-0.4, -0.2) is 91.5 Å². The predicted octanol–water partition coefficient (Wildman–Crippen LogP) is 2.25. The molecule has 2 amide bonds. The van der Waals surface area contributed by atoms with Gasteiger partial charge in [0.05, 0.1) is 23.3 Å². The third-order valence-electron chi connectivity index (χ3n) is 6.03. The van der Waals surface area contributed by atoms with Crippen LogP contribution in [0.5, 0.6) is 11.5 Å². The van der Waals surface area contributed by atoms with Gasteiger partial charge in [0.25, 0.3) is 0 Å². The molecular weight excluding hydrogens is 607 g/mol. The maximum atomic E-state index is 13.2. The lowest BCUT2D eigenvalue weighted by molar-refractivity contribution is -0.138. The van der Waals surface area contributed by atoms with Crippen molar-refractivity contribution in [2.75, 3.05) is 40.0 Å². The zero-order valence-corrected chi connectivity index (χ0v) is 24.0. The lowest BCUT2D eigenvalue weighted by atomic mass is 9.87. The Labute approximate surface area is 237 Å². The first-order valence-corrected chi connectivity index (χ1v) is 13.6. The number of amides is 2. The maximum absolute atomic E-state index is 13.2. The van der Waals surface area contributed by atoms with Gasteiger partial charge in [-0.3, -0.25) is 14.4 Å². The molecule has 2 rings (SSSR count). The number of carbonyl (C=O) groups excluding carboxylic acids is 3.